The number of hydrogen-bond donors (Lipinski definition) is 1. The normalized spacial score (nSPS) is 9.06. The van der Waals surface area contributed by atoms with Crippen LogP contribution < -0.4 is 18.1 Å². The van der Waals surface area contributed by atoms with Gasteiger partial charge in [0, 0.05) is 0 Å². The van der Waals surface area contributed by atoms with E-state index in [1.807, 2.05) is 12.2 Å². The van der Waals surface area contributed by atoms with Crippen molar-refractivity contribution in [1.29, 1.82) is 0 Å². The predicted molar refractivity (Wildman–Crippen MR) is 70.9 cm³/mol. The molecule has 0 aromatic rings. The number of halogens is 1. The molecule has 2 N–H and O–H groups in total. The fourth-order valence-electron chi connectivity index (χ4n) is 1.36. The van der Waals surface area contributed by atoms with Crippen LogP contribution >= 0.6 is 0 Å². The van der Waals surface area contributed by atoms with E-state index in [1.54, 1.807) is 0 Å². The second-order valence-electron chi connectivity index (χ2n) is 3.52. The molecule has 3 nitrogen and oxygen atoms in total. The van der Waals surface area contributed by atoms with Gasteiger partial charge in [0.05, 0.1) is 26.2 Å². The van der Waals surface area contributed by atoms with Crippen LogP contribution in [0.1, 0.15) is 13.8 Å². The number of amides is 1. The predicted octanol–water partition coefficient (Wildman–Crippen LogP) is -1.12. The Labute approximate surface area is 112 Å². The monoisotopic (exact) mass is 260 g/mol. The summed E-state index contributed by atoms with van der Waals surface area (Å²) in [5.41, 5.74) is 4.53. The first-order valence-corrected chi connectivity index (χ1v) is 5.50. The second kappa shape index (κ2) is 13.0. The third kappa shape index (κ3) is 11.2. The summed E-state index contributed by atoms with van der Waals surface area (Å²) in [4.78, 5) is 9.47. The molecule has 100 valence electrons. The third-order valence-electron chi connectivity index (χ3n) is 2.58. The van der Waals surface area contributed by atoms with Gasteiger partial charge < -0.3 is 22.6 Å². The van der Waals surface area contributed by atoms with Crippen LogP contribution in [0.25, 0.3) is 0 Å². The maximum Gasteiger partial charge on any atom is 0.240 e. The van der Waals surface area contributed by atoms with Crippen molar-refractivity contribution in [3.05, 3.63) is 38.0 Å². The summed E-state index contributed by atoms with van der Waals surface area (Å²) in [6.45, 7) is 19.5. The number of rotatable bonds is 7. The van der Waals surface area contributed by atoms with Crippen molar-refractivity contribution < 1.29 is 21.7 Å². The largest absolute Gasteiger partial charge is 1.00 e. The molecule has 0 aliphatic carbocycles. The lowest BCUT2D eigenvalue weighted by Crippen LogP contribution is -3.00. The maximum atomic E-state index is 9.47. The van der Waals surface area contributed by atoms with E-state index in [2.05, 4.69) is 39.3 Å². The van der Waals surface area contributed by atoms with Gasteiger partial charge in [-0.3, -0.25) is 4.79 Å². The van der Waals surface area contributed by atoms with Crippen molar-refractivity contribution in [2.75, 3.05) is 26.2 Å². The van der Waals surface area contributed by atoms with Crippen LogP contribution in [-0.4, -0.2) is 36.6 Å². The summed E-state index contributed by atoms with van der Waals surface area (Å²) in [5.74, 6) is -0.481. The van der Waals surface area contributed by atoms with E-state index in [4.69, 9.17) is 0 Å². The van der Waals surface area contributed by atoms with Crippen LogP contribution in [0.3, 0.4) is 0 Å². The van der Waals surface area contributed by atoms with Gasteiger partial charge in [-0.15, -0.1) is 0 Å². The van der Waals surface area contributed by atoms with Crippen LogP contribution in [0.2, 0.25) is 0 Å². The van der Waals surface area contributed by atoms with Gasteiger partial charge >= 0.3 is 0 Å². The van der Waals surface area contributed by atoms with Gasteiger partial charge in [-0.1, -0.05) is 19.7 Å². The van der Waals surface area contributed by atoms with Crippen LogP contribution in [-0.2, 0) is 4.79 Å². The lowest BCUT2D eigenvalue weighted by Gasteiger charge is -2.34. The molecular weight excluding hydrogens is 236 g/mol. The number of quaternary nitrogens is 1. The average Bonchev–Trinajstić information content (AvgIpc) is 2.29. The number of carbonyl (C=O) groups is 1. The van der Waals surface area contributed by atoms with Gasteiger partial charge in [-0.2, -0.15) is 0 Å². The number of nitrogens with zero attached hydrogens (tertiary/aromatic N) is 1. The van der Waals surface area contributed by atoms with Gasteiger partial charge in [-0.05, 0) is 32.1 Å². The summed E-state index contributed by atoms with van der Waals surface area (Å²) < 4.78 is 1.09. The first-order valence-electron chi connectivity index (χ1n) is 5.50. The number of carbonyl (C=O) groups excluding carboxylic acids is 1. The molecule has 0 aliphatic rings. The molecule has 0 saturated heterocycles. The summed E-state index contributed by atoms with van der Waals surface area (Å²) >= 11 is 0. The summed E-state index contributed by atoms with van der Waals surface area (Å²) in [7, 11) is 0. The molecule has 0 saturated carbocycles. The zero-order valence-corrected chi connectivity index (χ0v) is 11.7. The van der Waals surface area contributed by atoms with Gasteiger partial charge in [-0.25, -0.2) is 0 Å². The molecule has 0 fully saturated rings. The summed E-state index contributed by atoms with van der Waals surface area (Å²) in [6.07, 6.45) is 5.05. The summed E-state index contributed by atoms with van der Waals surface area (Å²) in [5, 5.41) is 0. The maximum absolute atomic E-state index is 9.47. The summed E-state index contributed by atoms with van der Waals surface area (Å²) in [6, 6.07) is 0. The molecule has 0 radical (unpaired) electrons. The Kier molecular flexibility index (Phi) is 16.3. The molecule has 1 amide bonds. The molecule has 0 rings (SSSR count). The molecule has 0 aliphatic heterocycles. The van der Waals surface area contributed by atoms with E-state index in [0.717, 1.165) is 36.7 Å². The number of likely N-dealkylation sites (N-methyl/N-ethyl adjacent to an activating group) is 1. The molecule has 0 bridgehead atoms. The van der Waals surface area contributed by atoms with Crippen molar-refractivity contribution >= 4 is 5.91 Å². The van der Waals surface area contributed by atoms with Crippen molar-refractivity contribution in [3.63, 3.8) is 0 Å². The van der Waals surface area contributed by atoms with E-state index < -0.39 is 5.91 Å². The molecule has 17 heavy (non-hydrogen) atoms. The Morgan fingerprint density at radius 2 is 1.41 bits per heavy atom. The number of hydrogen-bond acceptors (Lipinski definition) is 1. The average molecular weight is 261 g/mol. The Hall–Kier alpha value is -1.06. The highest BCUT2D eigenvalue weighted by Gasteiger charge is 2.18. The van der Waals surface area contributed by atoms with E-state index >= 15 is 0 Å². The van der Waals surface area contributed by atoms with E-state index in [1.165, 1.54) is 0 Å². The van der Waals surface area contributed by atoms with E-state index in [9.17, 15) is 4.79 Å². The third-order valence-corrected chi connectivity index (χ3v) is 2.58. The molecule has 0 aromatic heterocycles. The quantitative estimate of drug-likeness (QED) is 0.352. The highest BCUT2D eigenvalue weighted by Crippen LogP contribution is 2.05. The minimum absolute atomic E-state index is 0. The standard InChI is InChI=1S/C10H20N.C3H5NO.ClH/c1-5-9-11(7-3,8-4)10-6-2;1-2-3(4)5;/h5-6H,1-2,7-10H2,3-4H3;2H,1H2,(H2,4,5);1H/q+1;;/p-1. The molecule has 0 aromatic carbocycles. The smallest absolute Gasteiger partial charge is 0.240 e. The van der Waals surface area contributed by atoms with Crippen LogP contribution in [0, 0.1) is 0 Å². The Morgan fingerprint density at radius 1 is 1.12 bits per heavy atom. The van der Waals surface area contributed by atoms with Crippen LogP contribution in [0.4, 0.5) is 0 Å². The second-order valence-corrected chi connectivity index (χ2v) is 3.52. The minimum atomic E-state index is -0.481. The molecular formula is C13H25ClN2O. The fourth-order valence-corrected chi connectivity index (χ4v) is 1.36. The zero-order chi connectivity index (χ0) is 13.0. The van der Waals surface area contributed by atoms with Gasteiger partial charge in [0.1, 0.15) is 0 Å². The van der Waals surface area contributed by atoms with Crippen molar-refractivity contribution in [3.8, 4) is 0 Å². The van der Waals surface area contributed by atoms with Crippen LogP contribution in [0.15, 0.2) is 38.0 Å². The lowest BCUT2D eigenvalue weighted by atomic mass is 10.3. The Morgan fingerprint density at radius 3 is 1.53 bits per heavy atom. The van der Waals surface area contributed by atoms with Crippen molar-refractivity contribution in [2.45, 2.75) is 13.8 Å². The van der Waals surface area contributed by atoms with Crippen molar-refractivity contribution in [1.82, 2.24) is 0 Å². The first-order chi connectivity index (χ1) is 7.51. The minimum Gasteiger partial charge on any atom is -1.00 e. The van der Waals surface area contributed by atoms with Gasteiger partial charge in [0.25, 0.3) is 0 Å². The molecule has 0 atom stereocenters. The van der Waals surface area contributed by atoms with Crippen LogP contribution in [0.5, 0.6) is 0 Å². The topological polar surface area (TPSA) is 43.1 Å². The molecule has 4 heteroatoms. The SMILES string of the molecule is C=CC(N)=O.C=CC[N+](CC)(CC)CC=C.[Cl-]. The molecule has 0 heterocycles. The van der Waals surface area contributed by atoms with Gasteiger partial charge in [0.15, 0.2) is 0 Å². The van der Waals surface area contributed by atoms with Gasteiger partial charge in [0.2, 0.25) is 5.91 Å². The Bertz CT molecular complexity index is 224. The zero-order valence-electron chi connectivity index (χ0n) is 11.0. The number of primary amides is 1. The highest BCUT2D eigenvalue weighted by atomic mass is 35.5. The number of nitrogens with two attached hydrogens (primary N) is 1. The lowest BCUT2D eigenvalue weighted by molar-refractivity contribution is -0.914. The fraction of sp³-hybridized carbons (Fsp3) is 0.462. The van der Waals surface area contributed by atoms with E-state index in [0.29, 0.717) is 0 Å². The Balaban J connectivity index is -0.000000280. The molecule has 0 unspecified atom stereocenters. The highest BCUT2D eigenvalue weighted by molar-refractivity contribution is 5.84. The first kappa shape index (κ1) is 21.2. The molecule has 0 spiro atoms. The van der Waals surface area contributed by atoms with Crippen molar-refractivity contribution in [2.24, 2.45) is 5.73 Å². The van der Waals surface area contributed by atoms with E-state index in [-0.39, 0.29) is 12.4 Å².